The number of hydrogen-bond acceptors (Lipinski definition) is 3. The Labute approximate surface area is 184 Å². The monoisotopic (exact) mass is 423 g/mol. The number of carbonyl (C=O) groups excluding carboxylic acids is 1. The number of nitrogens with one attached hydrogen (secondary N) is 1. The van der Waals surface area contributed by atoms with Gasteiger partial charge in [0.05, 0.1) is 48.5 Å². The van der Waals surface area contributed by atoms with Crippen LogP contribution in [0.4, 0.5) is 0 Å². The zero-order valence-electron chi connectivity index (χ0n) is 19.7. The van der Waals surface area contributed by atoms with Gasteiger partial charge in [-0.05, 0) is 31.4 Å². The van der Waals surface area contributed by atoms with Gasteiger partial charge in [0.1, 0.15) is 6.54 Å². The number of benzene rings is 1. The molecule has 3 heterocycles. The van der Waals surface area contributed by atoms with Gasteiger partial charge in [0.25, 0.3) is 5.91 Å². The molecule has 0 atom stereocenters. The summed E-state index contributed by atoms with van der Waals surface area (Å²) in [4.78, 5) is 21.5. The van der Waals surface area contributed by atoms with E-state index in [1.165, 1.54) is 10.4 Å². The van der Waals surface area contributed by atoms with Gasteiger partial charge in [0, 0.05) is 19.3 Å². The van der Waals surface area contributed by atoms with Gasteiger partial charge in [0.15, 0.2) is 5.82 Å². The van der Waals surface area contributed by atoms with Crippen molar-refractivity contribution >= 4 is 16.9 Å². The van der Waals surface area contributed by atoms with Gasteiger partial charge >= 0.3 is 0 Å². The Balaban J connectivity index is 1.47. The number of quaternary nitrogens is 1. The first kappa shape index (κ1) is 21.6. The fourth-order valence-electron chi connectivity index (χ4n) is 4.58. The van der Waals surface area contributed by atoms with Gasteiger partial charge in [-0.15, -0.1) is 0 Å². The summed E-state index contributed by atoms with van der Waals surface area (Å²) >= 11 is 0. The van der Waals surface area contributed by atoms with Gasteiger partial charge in [-0.25, -0.2) is 4.98 Å². The molecule has 1 aliphatic rings. The molecule has 4 rings (SSSR count). The van der Waals surface area contributed by atoms with E-state index < -0.39 is 0 Å². The predicted octanol–water partition coefficient (Wildman–Crippen LogP) is 1.97. The maximum atomic E-state index is 13.1. The molecule has 2 aromatic heterocycles. The first-order valence-corrected chi connectivity index (χ1v) is 11.2. The van der Waals surface area contributed by atoms with Crippen LogP contribution >= 0.6 is 0 Å². The molecule has 7 heteroatoms. The molecular weight excluding hydrogens is 388 g/mol. The molecule has 0 spiro atoms. The van der Waals surface area contributed by atoms with Crippen molar-refractivity contribution in [3.05, 3.63) is 47.0 Å². The number of nitrogens with zero attached hydrogens (tertiary/aromatic N) is 5. The predicted molar refractivity (Wildman–Crippen MR) is 122 cm³/mol. The highest BCUT2D eigenvalue weighted by molar-refractivity contribution is 5.96. The Morgan fingerprint density at radius 2 is 1.81 bits per heavy atom. The molecule has 166 valence electrons. The van der Waals surface area contributed by atoms with Crippen molar-refractivity contribution in [2.24, 2.45) is 12.5 Å². The second-order valence-electron chi connectivity index (χ2n) is 10.1. The molecule has 1 N–H and O–H groups in total. The normalized spacial score (nSPS) is 15.7. The van der Waals surface area contributed by atoms with Crippen LogP contribution in [0.25, 0.3) is 11.0 Å². The first-order valence-electron chi connectivity index (χ1n) is 11.2. The van der Waals surface area contributed by atoms with Crippen LogP contribution in [-0.2, 0) is 20.1 Å². The quantitative estimate of drug-likeness (QED) is 0.698. The summed E-state index contributed by atoms with van der Waals surface area (Å²) < 4.78 is 4.19. The summed E-state index contributed by atoms with van der Waals surface area (Å²) in [6.45, 7) is 15.9. The average molecular weight is 424 g/mol. The van der Waals surface area contributed by atoms with E-state index >= 15 is 0 Å². The van der Waals surface area contributed by atoms with Crippen molar-refractivity contribution in [2.45, 2.75) is 47.7 Å². The lowest BCUT2D eigenvalue weighted by Gasteiger charge is -2.32. The number of para-hydroxylation sites is 2. The van der Waals surface area contributed by atoms with E-state index in [9.17, 15) is 4.79 Å². The molecule has 7 nitrogen and oxygen atoms in total. The van der Waals surface area contributed by atoms with E-state index in [0.29, 0.717) is 0 Å². The minimum atomic E-state index is 0.113. The number of fused-ring (bicyclic) bond motifs is 1. The number of piperazine rings is 1. The smallest absolute Gasteiger partial charge is 0.258 e. The van der Waals surface area contributed by atoms with E-state index in [4.69, 9.17) is 4.98 Å². The highest BCUT2D eigenvalue weighted by atomic mass is 16.2. The number of carbonyl (C=O) groups is 1. The average Bonchev–Trinajstić information content (AvgIpc) is 3.17. The van der Waals surface area contributed by atoms with Crippen molar-refractivity contribution in [1.82, 2.24) is 24.2 Å². The summed E-state index contributed by atoms with van der Waals surface area (Å²) in [5.74, 6) is 1.26. The third-order valence-corrected chi connectivity index (χ3v) is 6.25. The highest BCUT2D eigenvalue weighted by Gasteiger charge is 2.29. The van der Waals surface area contributed by atoms with E-state index in [0.717, 1.165) is 67.6 Å². The van der Waals surface area contributed by atoms with E-state index in [2.05, 4.69) is 54.7 Å². The summed E-state index contributed by atoms with van der Waals surface area (Å²) in [7, 11) is 1.89. The van der Waals surface area contributed by atoms with Gasteiger partial charge in [-0.1, -0.05) is 32.9 Å². The molecule has 0 saturated carbocycles. The second-order valence-corrected chi connectivity index (χ2v) is 10.1. The van der Waals surface area contributed by atoms with Crippen molar-refractivity contribution in [2.75, 3.05) is 26.2 Å². The summed E-state index contributed by atoms with van der Waals surface area (Å²) in [6.07, 6.45) is 0. The SMILES string of the molecule is Cc1nn(C)c(C)c1C(=O)N1CC[NH+](Cc2nc3ccccc3n2CC(C)(C)C)CC1. The Morgan fingerprint density at radius 1 is 1.13 bits per heavy atom. The first-order chi connectivity index (χ1) is 14.6. The van der Waals surface area contributed by atoms with E-state index in [1.54, 1.807) is 4.68 Å². The van der Waals surface area contributed by atoms with Gasteiger partial charge < -0.3 is 14.4 Å². The molecule has 1 fully saturated rings. The van der Waals surface area contributed by atoms with Crippen molar-refractivity contribution in [3.63, 3.8) is 0 Å². The molecule has 0 unspecified atom stereocenters. The fourth-order valence-corrected chi connectivity index (χ4v) is 4.58. The highest BCUT2D eigenvalue weighted by Crippen LogP contribution is 2.23. The zero-order chi connectivity index (χ0) is 22.3. The third kappa shape index (κ3) is 4.37. The second kappa shape index (κ2) is 8.11. The Morgan fingerprint density at radius 3 is 2.42 bits per heavy atom. The summed E-state index contributed by atoms with van der Waals surface area (Å²) in [6, 6.07) is 8.41. The molecule has 3 aromatic rings. The molecule has 31 heavy (non-hydrogen) atoms. The minimum absolute atomic E-state index is 0.113. The van der Waals surface area contributed by atoms with Crippen LogP contribution < -0.4 is 4.90 Å². The molecule has 1 aliphatic heterocycles. The molecule has 0 radical (unpaired) electrons. The lowest BCUT2D eigenvalue weighted by Crippen LogP contribution is -3.13. The Bertz CT molecular complexity index is 1100. The maximum absolute atomic E-state index is 13.1. The fraction of sp³-hybridized carbons (Fsp3) is 0.542. The van der Waals surface area contributed by atoms with Crippen LogP contribution in [0.2, 0.25) is 0 Å². The van der Waals surface area contributed by atoms with E-state index in [1.807, 2.05) is 25.8 Å². The summed E-state index contributed by atoms with van der Waals surface area (Å²) in [5.41, 5.74) is 4.97. The lowest BCUT2D eigenvalue weighted by molar-refractivity contribution is -0.918. The Kier molecular flexibility index (Phi) is 5.64. The molecule has 1 aromatic carbocycles. The molecule has 0 aliphatic carbocycles. The topological polar surface area (TPSA) is 60.4 Å². The van der Waals surface area contributed by atoms with Crippen molar-refractivity contribution in [1.29, 1.82) is 0 Å². The van der Waals surface area contributed by atoms with Crippen LogP contribution in [0.5, 0.6) is 0 Å². The third-order valence-electron chi connectivity index (χ3n) is 6.25. The van der Waals surface area contributed by atoms with Crippen molar-refractivity contribution < 1.29 is 9.69 Å². The molecular formula is C24H35N6O+. The number of aromatic nitrogens is 4. The number of hydrogen-bond donors (Lipinski definition) is 1. The lowest BCUT2D eigenvalue weighted by atomic mass is 9.96. The van der Waals surface area contributed by atoms with Crippen LogP contribution in [0, 0.1) is 19.3 Å². The van der Waals surface area contributed by atoms with Crippen molar-refractivity contribution in [3.8, 4) is 0 Å². The van der Waals surface area contributed by atoms with Crippen LogP contribution in [0.15, 0.2) is 24.3 Å². The summed E-state index contributed by atoms with van der Waals surface area (Å²) in [5, 5.41) is 4.41. The number of imidazole rings is 1. The number of amides is 1. The molecule has 0 bridgehead atoms. The molecule has 1 amide bonds. The van der Waals surface area contributed by atoms with Gasteiger partial charge in [-0.3, -0.25) is 9.48 Å². The largest absolute Gasteiger partial charge is 0.327 e. The van der Waals surface area contributed by atoms with Gasteiger partial charge in [-0.2, -0.15) is 5.10 Å². The number of rotatable bonds is 4. The zero-order valence-corrected chi connectivity index (χ0v) is 19.7. The maximum Gasteiger partial charge on any atom is 0.258 e. The Hall–Kier alpha value is -2.67. The standard InChI is InChI=1S/C24H34N6O/c1-17-22(18(2)27(6)26-17)23(31)29-13-11-28(12-14-29)15-21-25-19-9-7-8-10-20(19)30(21)16-24(3,4)5/h7-10H,11-16H2,1-6H3/p+1. The van der Waals surface area contributed by atoms with Gasteiger partial charge in [0.2, 0.25) is 0 Å². The number of aryl methyl sites for hydroxylation is 2. The minimum Gasteiger partial charge on any atom is -0.327 e. The van der Waals surface area contributed by atoms with Crippen LogP contribution in [0.3, 0.4) is 0 Å². The van der Waals surface area contributed by atoms with E-state index in [-0.39, 0.29) is 11.3 Å². The molecule has 1 saturated heterocycles. The van der Waals surface area contributed by atoms with Crippen LogP contribution in [0.1, 0.15) is 48.3 Å². The van der Waals surface area contributed by atoms with Crippen LogP contribution in [-0.4, -0.2) is 56.3 Å².